The Kier molecular flexibility index (Phi) is 19.3. The van der Waals surface area contributed by atoms with Crippen molar-refractivity contribution in [3.8, 4) is 11.1 Å². The van der Waals surface area contributed by atoms with E-state index in [-0.39, 0.29) is 78.3 Å². The lowest BCUT2D eigenvalue weighted by molar-refractivity contribution is -0.199. The first kappa shape index (κ1) is 53.9. The molecule has 3 aliphatic carbocycles. The second-order valence-corrected chi connectivity index (χ2v) is 21.4. The molecule has 1 heterocycles. The van der Waals surface area contributed by atoms with E-state index in [1.807, 2.05) is 45.0 Å². The third-order valence-electron chi connectivity index (χ3n) is 15.4. The molecule has 2 aromatic carbocycles. The molecule has 0 spiro atoms. The van der Waals surface area contributed by atoms with E-state index in [0.29, 0.717) is 49.6 Å². The number of hydrogen-bond donors (Lipinski definition) is 4. The van der Waals surface area contributed by atoms with Crippen molar-refractivity contribution in [2.75, 3.05) is 6.54 Å². The summed E-state index contributed by atoms with van der Waals surface area (Å²) in [6.07, 6.45) is 6.12. The predicted molar refractivity (Wildman–Crippen MR) is 263 cm³/mol. The molecule has 2 aromatic rings. The number of aryl methyl sites for hydroxylation is 1. The van der Waals surface area contributed by atoms with Crippen molar-refractivity contribution < 1.29 is 43.2 Å². The molecular weight excluding hydrogens is 845 g/mol. The Morgan fingerprint density at radius 2 is 1.40 bits per heavy atom. The van der Waals surface area contributed by atoms with Gasteiger partial charge in [0.05, 0.1) is 23.9 Å². The smallest absolute Gasteiger partial charge is 0.405 e. The Morgan fingerprint density at radius 1 is 0.776 bits per heavy atom. The van der Waals surface area contributed by atoms with Crippen molar-refractivity contribution >= 4 is 42.1 Å². The van der Waals surface area contributed by atoms with Gasteiger partial charge in [0.25, 0.3) is 0 Å². The lowest BCUT2D eigenvalue weighted by atomic mass is 9.43. The first-order chi connectivity index (χ1) is 31.7. The van der Waals surface area contributed by atoms with Crippen LogP contribution in [0.1, 0.15) is 162 Å². The number of benzene rings is 2. The number of nitrogens with one attached hydrogen (secondary N) is 2. The standard InChI is InChI=1S/C54H80BN3O9/c1-10-11-15-37-19-21-38(22-20-37)39-23-25-40(26-24-39)44(61)18-14-17-43(60)30-41(16-12-13-27-56)52(65)58-50(36(6)59)45(62)28-34(4)51(64)57-49(33(2)3)46(63)29-35(5)55-66-48-32-42-31-47(53(42,7)8)54(48,9)67-55/h19-26,33-36,41-42,47-50,59H,10-18,27-32,56H2,1-9H3,(H,57,64)(H,58,65)/t34-,35-,36?,41-,42+,47+,48?,49+,50+,54+/m1/s1. The lowest BCUT2D eigenvalue weighted by Gasteiger charge is -2.64. The predicted octanol–water partition coefficient (Wildman–Crippen LogP) is 8.43. The number of ketones is 4. The second-order valence-electron chi connectivity index (χ2n) is 21.4. The number of aliphatic hydroxyl groups is 1. The number of Topliss-reactive ketones (excluding diaryl/α,β-unsaturated/α-hetero) is 4. The quantitative estimate of drug-likeness (QED) is 0.0366. The van der Waals surface area contributed by atoms with Crippen molar-refractivity contribution in [3.63, 3.8) is 0 Å². The van der Waals surface area contributed by atoms with Gasteiger partial charge in [0.1, 0.15) is 11.8 Å². The molecule has 67 heavy (non-hydrogen) atoms. The van der Waals surface area contributed by atoms with Crippen LogP contribution in [0, 0.1) is 35.0 Å². The van der Waals surface area contributed by atoms with Gasteiger partial charge in [0, 0.05) is 49.5 Å². The summed E-state index contributed by atoms with van der Waals surface area (Å²) in [6, 6.07) is 13.9. The van der Waals surface area contributed by atoms with Crippen molar-refractivity contribution in [3.05, 3.63) is 59.7 Å². The molecule has 0 radical (unpaired) electrons. The van der Waals surface area contributed by atoms with E-state index in [4.69, 9.17) is 15.0 Å². The minimum Gasteiger partial charge on any atom is -0.405 e. The number of hydrogen-bond acceptors (Lipinski definition) is 10. The molecule has 3 saturated carbocycles. The van der Waals surface area contributed by atoms with Crippen LogP contribution < -0.4 is 16.4 Å². The molecule has 10 atom stereocenters. The van der Waals surface area contributed by atoms with Gasteiger partial charge in [-0.1, -0.05) is 110 Å². The number of amides is 2. The van der Waals surface area contributed by atoms with E-state index in [1.165, 1.54) is 12.5 Å². The summed E-state index contributed by atoms with van der Waals surface area (Å²) in [4.78, 5) is 81.1. The maximum absolute atomic E-state index is 13.8. The van der Waals surface area contributed by atoms with Crippen LogP contribution in [0.15, 0.2) is 48.5 Å². The van der Waals surface area contributed by atoms with Crippen molar-refractivity contribution in [1.29, 1.82) is 0 Å². The molecule has 368 valence electrons. The summed E-state index contributed by atoms with van der Waals surface area (Å²) in [5.74, 6) is -3.06. The molecule has 2 amide bonds. The summed E-state index contributed by atoms with van der Waals surface area (Å²) in [6.45, 7) is 18.0. The monoisotopic (exact) mass is 926 g/mol. The van der Waals surface area contributed by atoms with Crippen LogP contribution in [0.3, 0.4) is 0 Å². The zero-order chi connectivity index (χ0) is 49.2. The number of nitrogens with two attached hydrogens (primary N) is 1. The summed E-state index contributed by atoms with van der Waals surface area (Å²) < 4.78 is 13.0. The van der Waals surface area contributed by atoms with Gasteiger partial charge in [-0.25, -0.2) is 0 Å². The van der Waals surface area contributed by atoms with Gasteiger partial charge >= 0.3 is 7.12 Å². The van der Waals surface area contributed by atoms with E-state index >= 15 is 0 Å². The van der Waals surface area contributed by atoms with Crippen LogP contribution in [0.25, 0.3) is 11.1 Å². The van der Waals surface area contributed by atoms with Crippen molar-refractivity contribution in [2.45, 2.75) is 188 Å². The van der Waals surface area contributed by atoms with Gasteiger partial charge in [-0.2, -0.15) is 0 Å². The third kappa shape index (κ3) is 13.6. The van der Waals surface area contributed by atoms with Gasteiger partial charge in [-0.05, 0) is 111 Å². The fourth-order valence-corrected chi connectivity index (χ4v) is 10.8. The van der Waals surface area contributed by atoms with Crippen LogP contribution in [-0.2, 0) is 39.7 Å². The summed E-state index contributed by atoms with van der Waals surface area (Å²) >= 11 is 0. The van der Waals surface area contributed by atoms with Crippen molar-refractivity contribution in [1.82, 2.24) is 10.6 Å². The largest absolute Gasteiger partial charge is 0.461 e. The van der Waals surface area contributed by atoms with Gasteiger partial charge in [-0.3, -0.25) is 28.8 Å². The average molecular weight is 926 g/mol. The molecular formula is C54H80BN3O9. The second kappa shape index (κ2) is 24.0. The Bertz CT molecular complexity index is 2020. The highest BCUT2D eigenvalue weighted by atomic mass is 16.7. The van der Waals surface area contributed by atoms with Crippen molar-refractivity contribution in [2.24, 2.45) is 40.7 Å². The van der Waals surface area contributed by atoms with Gasteiger partial charge in [0.2, 0.25) is 11.8 Å². The highest BCUT2D eigenvalue weighted by molar-refractivity contribution is 6.47. The van der Waals surface area contributed by atoms with E-state index < -0.39 is 54.7 Å². The number of rotatable bonds is 28. The zero-order valence-corrected chi connectivity index (χ0v) is 41.9. The molecule has 5 N–H and O–H groups in total. The molecule has 6 rings (SSSR count). The first-order valence-electron chi connectivity index (χ1n) is 25.3. The topological polar surface area (TPSA) is 191 Å². The molecule has 2 unspecified atom stereocenters. The van der Waals surface area contributed by atoms with E-state index in [0.717, 1.165) is 43.2 Å². The van der Waals surface area contributed by atoms with E-state index in [1.54, 1.807) is 6.92 Å². The first-order valence-corrected chi connectivity index (χ1v) is 25.3. The maximum atomic E-state index is 13.8. The summed E-state index contributed by atoms with van der Waals surface area (Å²) in [7, 11) is -0.519. The molecule has 4 fully saturated rings. The minimum atomic E-state index is -1.32. The van der Waals surface area contributed by atoms with E-state index in [9.17, 15) is 33.9 Å². The molecule has 12 nitrogen and oxygen atoms in total. The normalized spacial score (nSPS) is 23.2. The van der Waals surface area contributed by atoms with Gasteiger partial charge in [0.15, 0.2) is 17.3 Å². The van der Waals surface area contributed by atoms with Gasteiger partial charge in [-0.15, -0.1) is 0 Å². The molecule has 1 aliphatic heterocycles. The molecule has 1 saturated heterocycles. The van der Waals surface area contributed by atoms with Gasteiger partial charge < -0.3 is 30.8 Å². The fraction of sp³-hybridized carbons (Fsp3) is 0.667. The summed E-state index contributed by atoms with van der Waals surface area (Å²) in [5, 5.41) is 16.3. The number of carbonyl (C=O) groups excluding carboxylic acids is 6. The number of unbranched alkanes of at least 4 members (excludes halogenated alkanes) is 2. The third-order valence-corrected chi connectivity index (χ3v) is 15.4. The van der Waals surface area contributed by atoms with Crippen LogP contribution in [0.2, 0.25) is 5.82 Å². The Hall–Kier alpha value is -4.04. The Morgan fingerprint density at radius 3 is 2.00 bits per heavy atom. The zero-order valence-electron chi connectivity index (χ0n) is 41.9. The van der Waals surface area contributed by atoms with Crippen LogP contribution in [0.5, 0.6) is 0 Å². The van der Waals surface area contributed by atoms with Crippen LogP contribution >= 0.6 is 0 Å². The minimum absolute atomic E-state index is 0.000966. The fourth-order valence-electron chi connectivity index (χ4n) is 10.8. The molecule has 0 aromatic heterocycles. The maximum Gasteiger partial charge on any atom is 0.461 e. The Balaban J connectivity index is 1.09. The van der Waals surface area contributed by atoms with Crippen LogP contribution in [-0.4, -0.2) is 83.6 Å². The van der Waals surface area contributed by atoms with E-state index in [2.05, 4.69) is 62.6 Å². The van der Waals surface area contributed by atoms with Crippen LogP contribution in [0.4, 0.5) is 0 Å². The SMILES string of the molecule is CCCCc1ccc(-c2ccc(C(=O)CCCC(=O)C[C@@H](CCCCN)C(=O)N[C@H](C(=O)C[C@@H](C)C(=O)N[C@H](C(=O)C[C@@H](C)B3OC4C[C@@H]5C[C@@H](C5(C)C)[C@]4(C)O3)C(C)C)C(C)O)cc2)cc1. The number of aliphatic hydroxyl groups excluding tert-OH is 1. The average Bonchev–Trinajstić information content (AvgIpc) is 3.66. The highest BCUT2D eigenvalue weighted by Gasteiger charge is 2.68. The number of carbonyl (C=O) groups is 6. The molecule has 4 aliphatic rings. The lowest BCUT2D eigenvalue weighted by Crippen LogP contribution is -2.65. The summed E-state index contributed by atoms with van der Waals surface area (Å²) in [5.41, 5.74) is 9.53. The highest BCUT2D eigenvalue weighted by Crippen LogP contribution is 2.66. The Labute approximate surface area is 400 Å². The molecule has 13 heteroatoms. The molecule has 2 bridgehead atoms.